The lowest BCUT2D eigenvalue weighted by Crippen LogP contribution is -2.45. The molecule has 0 aliphatic heterocycles. The SMILES string of the molecule is CC(C)(C)OC(=O)[C@H](CCCNC(=O)OCc1ccccc1)NC(=O)OCC1c2ccccc2-c2ccccc21. The van der Waals surface area contributed by atoms with Crippen LogP contribution in [0.3, 0.4) is 0 Å². The van der Waals surface area contributed by atoms with E-state index in [4.69, 9.17) is 14.2 Å². The van der Waals surface area contributed by atoms with Crippen molar-refractivity contribution in [2.75, 3.05) is 13.2 Å². The number of carbonyl (C=O) groups is 3. The number of rotatable bonds is 10. The van der Waals surface area contributed by atoms with Gasteiger partial charge in [0.05, 0.1) is 0 Å². The summed E-state index contributed by atoms with van der Waals surface area (Å²) in [5.74, 6) is -0.656. The molecule has 3 aromatic rings. The maximum absolute atomic E-state index is 12.9. The van der Waals surface area contributed by atoms with Crippen molar-refractivity contribution >= 4 is 18.2 Å². The number of hydrogen-bond donors (Lipinski definition) is 2. The third-order valence-electron chi connectivity index (χ3n) is 6.48. The quantitative estimate of drug-likeness (QED) is 0.186. The lowest BCUT2D eigenvalue weighted by molar-refractivity contribution is -0.157. The van der Waals surface area contributed by atoms with Gasteiger partial charge in [0.15, 0.2) is 0 Å². The van der Waals surface area contributed by atoms with Crippen molar-refractivity contribution < 1.29 is 28.6 Å². The number of hydrogen-bond acceptors (Lipinski definition) is 6. The summed E-state index contributed by atoms with van der Waals surface area (Å²) in [7, 11) is 0. The van der Waals surface area contributed by atoms with Crippen molar-refractivity contribution in [1.29, 1.82) is 0 Å². The molecule has 2 amide bonds. The van der Waals surface area contributed by atoms with Crippen LogP contribution in [0.15, 0.2) is 78.9 Å². The van der Waals surface area contributed by atoms with Crippen molar-refractivity contribution in [1.82, 2.24) is 10.6 Å². The molecule has 0 fully saturated rings. The zero-order chi connectivity index (χ0) is 28.5. The first-order valence-corrected chi connectivity index (χ1v) is 13.5. The minimum Gasteiger partial charge on any atom is -0.458 e. The van der Waals surface area contributed by atoms with Crippen LogP contribution in [0.2, 0.25) is 0 Å². The van der Waals surface area contributed by atoms with E-state index < -0.39 is 29.8 Å². The normalized spacial score (nSPS) is 13.0. The molecule has 0 radical (unpaired) electrons. The van der Waals surface area contributed by atoms with Crippen LogP contribution in [0, 0.1) is 0 Å². The summed E-state index contributed by atoms with van der Waals surface area (Å²) in [6.07, 6.45) is -0.596. The first kappa shape index (κ1) is 28.7. The molecule has 3 aromatic carbocycles. The minimum absolute atomic E-state index is 0.0933. The lowest BCUT2D eigenvalue weighted by atomic mass is 9.98. The van der Waals surface area contributed by atoms with Crippen LogP contribution < -0.4 is 10.6 Å². The molecule has 0 heterocycles. The van der Waals surface area contributed by atoms with E-state index in [9.17, 15) is 14.4 Å². The molecule has 0 bridgehead atoms. The number of alkyl carbamates (subject to hydrolysis) is 2. The molecule has 8 heteroatoms. The molecule has 0 spiro atoms. The number of nitrogens with one attached hydrogen (secondary N) is 2. The van der Waals surface area contributed by atoms with E-state index in [1.54, 1.807) is 20.8 Å². The number of carbonyl (C=O) groups excluding carboxylic acids is 3. The second kappa shape index (κ2) is 13.2. The Kier molecular flexibility index (Phi) is 9.43. The number of esters is 1. The van der Waals surface area contributed by atoms with Crippen molar-refractivity contribution in [3.8, 4) is 11.1 Å². The van der Waals surface area contributed by atoms with E-state index in [1.807, 2.05) is 66.7 Å². The second-order valence-electron chi connectivity index (χ2n) is 10.7. The van der Waals surface area contributed by atoms with E-state index in [-0.39, 0.29) is 32.1 Å². The Balaban J connectivity index is 1.29. The molecule has 210 valence electrons. The predicted octanol–water partition coefficient (Wildman–Crippen LogP) is 5.94. The smallest absolute Gasteiger partial charge is 0.407 e. The Morgan fingerprint density at radius 2 is 1.40 bits per heavy atom. The van der Waals surface area contributed by atoms with Gasteiger partial charge in [-0.25, -0.2) is 14.4 Å². The van der Waals surface area contributed by atoms with Gasteiger partial charge in [-0.2, -0.15) is 0 Å². The maximum atomic E-state index is 12.9. The molecule has 40 heavy (non-hydrogen) atoms. The van der Waals surface area contributed by atoms with Gasteiger partial charge in [0.25, 0.3) is 0 Å². The van der Waals surface area contributed by atoms with Crippen LogP contribution in [-0.2, 0) is 25.6 Å². The van der Waals surface area contributed by atoms with Crippen LogP contribution in [0.25, 0.3) is 11.1 Å². The van der Waals surface area contributed by atoms with Gasteiger partial charge in [-0.15, -0.1) is 0 Å². The predicted molar refractivity (Wildman–Crippen MR) is 152 cm³/mol. The minimum atomic E-state index is -0.933. The van der Waals surface area contributed by atoms with Crippen molar-refractivity contribution in [3.63, 3.8) is 0 Å². The second-order valence-corrected chi connectivity index (χ2v) is 10.7. The molecule has 1 aliphatic rings. The Hall–Kier alpha value is -4.33. The van der Waals surface area contributed by atoms with Gasteiger partial charge in [0.2, 0.25) is 0 Å². The maximum Gasteiger partial charge on any atom is 0.407 e. The van der Waals surface area contributed by atoms with Crippen LogP contribution in [0.1, 0.15) is 56.2 Å². The Morgan fingerprint density at radius 3 is 2.02 bits per heavy atom. The summed E-state index contributed by atoms with van der Waals surface area (Å²) in [6.45, 7) is 5.85. The molecule has 1 aliphatic carbocycles. The van der Waals surface area contributed by atoms with Crippen LogP contribution in [-0.4, -0.2) is 43.0 Å². The van der Waals surface area contributed by atoms with E-state index >= 15 is 0 Å². The molecule has 2 N–H and O–H groups in total. The Bertz CT molecular complexity index is 1270. The molecule has 0 saturated heterocycles. The third kappa shape index (κ3) is 7.85. The van der Waals surface area contributed by atoms with E-state index in [2.05, 4.69) is 22.8 Å². The van der Waals surface area contributed by atoms with Gasteiger partial charge < -0.3 is 24.8 Å². The zero-order valence-electron chi connectivity index (χ0n) is 23.1. The van der Waals surface area contributed by atoms with E-state index in [1.165, 1.54) is 0 Å². The van der Waals surface area contributed by atoms with Crippen molar-refractivity contribution in [3.05, 3.63) is 95.6 Å². The lowest BCUT2D eigenvalue weighted by Gasteiger charge is -2.24. The highest BCUT2D eigenvalue weighted by Gasteiger charge is 2.31. The number of amides is 2. The number of ether oxygens (including phenoxy) is 3. The fraction of sp³-hybridized carbons (Fsp3) is 0.344. The van der Waals surface area contributed by atoms with Gasteiger partial charge in [-0.3, -0.25) is 0 Å². The largest absolute Gasteiger partial charge is 0.458 e. The standard InChI is InChI=1S/C32H36N2O6/c1-32(2,3)40-29(35)28(18-11-19-33-30(36)38-20-22-12-5-4-6-13-22)34-31(37)39-21-27-25-16-9-7-14-23(25)24-15-8-10-17-26(24)27/h4-10,12-17,27-28H,11,18-21H2,1-3H3,(H,33,36)(H,34,37)/t28-/m0/s1. The highest BCUT2D eigenvalue weighted by atomic mass is 16.6. The van der Waals surface area contributed by atoms with Gasteiger partial charge in [0.1, 0.15) is 24.9 Å². The molecule has 0 unspecified atom stereocenters. The molecule has 0 saturated carbocycles. The summed E-state index contributed by atoms with van der Waals surface area (Å²) < 4.78 is 16.3. The summed E-state index contributed by atoms with van der Waals surface area (Å²) in [5.41, 5.74) is 4.63. The summed E-state index contributed by atoms with van der Waals surface area (Å²) in [6, 6.07) is 24.6. The summed E-state index contributed by atoms with van der Waals surface area (Å²) in [5, 5.41) is 5.34. The topological polar surface area (TPSA) is 103 Å². The first-order valence-electron chi connectivity index (χ1n) is 13.5. The molecular formula is C32H36N2O6. The third-order valence-corrected chi connectivity index (χ3v) is 6.48. The Morgan fingerprint density at radius 1 is 0.800 bits per heavy atom. The fourth-order valence-electron chi connectivity index (χ4n) is 4.67. The molecule has 8 nitrogen and oxygen atoms in total. The number of fused-ring (bicyclic) bond motifs is 3. The van der Waals surface area contributed by atoms with E-state index in [0.717, 1.165) is 27.8 Å². The monoisotopic (exact) mass is 544 g/mol. The molecule has 0 aromatic heterocycles. The van der Waals surface area contributed by atoms with Gasteiger partial charge >= 0.3 is 18.2 Å². The average Bonchev–Trinajstić information content (AvgIpc) is 3.25. The average molecular weight is 545 g/mol. The zero-order valence-corrected chi connectivity index (χ0v) is 23.1. The molecule has 4 rings (SSSR count). The van der Waals surface area contributed by atoms with Gasteiger partial charge in [0, 0.05) is 12.5 Å². The fourth-order valence-corrected chi connectivity index (χ4v) is 4.67. The van der Waals surface area contributed by atoms with Gasteiger partial charge in [-0.05, 0) is 61.4 Å². The highest BCUT2D eigenvalue weighted by Crippen LogP contribution is 2.44. The molecule has 1 atom stereocenters. The van der Waals surface area contributed by atoms with E-state index in [0.29, 0.717) is 6.42 Å². The highest BCUT2D eigenvalue weighted by molar-refractivity contribution is 5.82. The van der Waals surface area contributed by atoms with Crippen molar-refractivity contribution in [2.24, 2.45) is 0 Å². The van der Waals surface area contributed by atoms with Crippen LogP contribution in [0.5, 0.6) is 0 Å². The summed E-state index contributed by atoms with van der Waals surface area (Å²) >= 11 is 0. The van der Waals surface area contributed by atoms with Crippen molar-refractivity contribution in [2.45, 2.75) is 57.8 Å². The Labute approximate surface area is 235 Å². The summed E-state index contributed by atoms with van der Waals surface area (Å²) in [4.78, 5) is 37.7. The van der Waals surface area contributed by atoms with Gasteiger partial charge in [-0.1, -0.05) is 78.9 Å². The number of benzene rings is 3. The molecular weight excluding hydrogens is 508 g/mol. The van der Waals surface area contributed by atoms with Crippen LogP contribution in [0.4, 0.5) is 9.59 Å². The van der Waals surface area contributed by atoms with Crippen LogP contribution >= 0.6 is 0 Å². The first-order chi connectivity index (χ1) is 19.2.